The average Bonchev–Trinajstić information content (AvgIpc) is 2.67. The van der Waals surface area contributed by atoms with Crippen LogP contribution in [-0.2, 0) is 0 Å². The lowest BCUT2D eigenvalue weighted by atomic mass is 9.95. The third kappa shape index (κ3) is 3.27. The molecule has 0 saturated heterocycles. The van der Waals surface area contributed by atoms with Gasteiger partial charge in [-0.2, -0.15) is 10.5 Å². The minimum absolute atomic E-state index is 0.206. The Morgan fingerprint density at radius 1 is 0.885 bits per heavy atom. The van der Waals surface area contributed by atoms with Crippen LogP contribution in [-0.4, -0.2) is 4.98 Å². The van der Waals surface area contributed by atoms with E-state index in [1.54, 1.807) is 12.1 Å². The van der Waals surface area contributed by atoms with Gasteiger partial charge in [0.15, 0.2) is 0 Å². The van der Waals surface area contributed by atoms with E-state index in [4.69, 9.17) is 11.0 Å². The number of nitrogens with two attached hydrogens (primary N) is 1. The second kappa shape index (κ2) is 7.09. The van der Waals surface area contributed by atoms with Crippen LogP contribution in [0.2, 0.25) is 0 Å². The number of anilines is 1. The maximum Gasteiger partial charge on any atom is 0.142 e. The van der Waals surface area contributed by atoms with Crippen molar-refractivity contribution in [1.82, 2.24) is 4.98 Å². The van der Waals surface area contributed by atoms with Crippen molar-refractivity contribution in [2.24, 2.45) is 0 Å². The van der Waals surface area contributed by atoms with Gasteiger partial charge in [-0.3, -0.25) is 0 Å². The zero-order valence-corrected chi connectivity index (χ0v) is 14.7. The van der Waals surface area contributed by atoms with Gasteiger partial charge in [-0.25, -0.2) is 4.98 Å². The van der Waals surface area contributed by atoms with Gasteiger partial charge in [0.2, 0.25) is 0 Å². The zero-order valence-electron chi connectivity index (χ0n) is 14.7. The van der Waals surface area contributed by atoms with Gasteiger partial charge in [0.05, 0.1) is 17.3 Å². The van der Waals surface area contributed by atoms with Gasteiger partial charge in [-0.15, -0.1) is 0 Å². The van der Waals surface area contributed by atoms with Gasteiger partial charge >= 0.3 is 0 Å². The third-order valence-corrected chi connectivity index (χ3v) is 4.36. The first-order valence-electron chi connectivity index (χ1n) is 8.35. The number of nitrogens with zero attached hydrogens (tertiary/aromatic N) is 3. The molecule has 0 aliphatic rings. The number of pyridine rings is 1. The molecule has 0 bridgehead atoms. The van der Waals surface area contributed by atoms with E-state index in [0.717, 1.165) is 16.7 Å². The summed E-state index contributed by atoms with van der Waals surface area (Å²) in [6.45, 7) is 4.28. The zero-order chi connectivity index (χ0) is 18.7. The van der Waals surface area contributed by atoms with Crippen LogP contribution in [0.4, 0.5) is 5.82 Å². The SMILES string of the molecule is CC(C)c1ccc(-c2cc(-c3ccc(C#N)cc3)nc(N)c2C#N)cc1. The Kier molecular flexibility index (Phi) is 4.69. The van der Waals surface area contributed by atoms with Crippen molar-refractivity contribution in [3.8, 4) is 34.5 Å². The molecule has 0 aliphatic heterocycles. The van der Waals surface area contributed by atoms with Crippen LogP contribution in [0.25, 0.3) is 22.4 Å². The predicted molar refractivity (Wildman–Crippen MR) is 103 cm³/mol. The molecule has 0 radical (unpaired) electrons. The van der Waals surface area contributed by atoms with Gasteiger partial charge in [-0.1, -0.05) is 50.2 Å². The van der Waals surface area contributed by atoms with Crippen molar-refractivity contribution in [3.63, 3.8) is 0 Å². The van der Waals surface area contributed by atoms with Gasteiger partial charge < -0.3 is 5.73 Å². The summed E-state index contributed by atoms with van der Waals surface area (Å²) in [5.41, 5.74) is 11.5. The van der Waals surface area contributed by atoms with E-state index < -0.39 is 0 Å². The van der Waals surface area contributed by atoms with E-state index in [2.05, 4.69) is 43.1 Å². The van der Waals surface area contributed by atoms with Crippen LogP contribution < -0.4 is 5.73 Å². The highest BCUT2D eigenvalue weighted by Crippen LogP contribution is 2.32. The fourth-order valence-electron chi connectivity index (χ4n) is 2.82. The molecule has 0 fully saturated rings. The van der Waals surface area contributed by atoms with E-state index in [1.807, 2.05) is 30.3 Å². The highest BCUT2D eigenvalue weighted by molar-refractivity contribution is 5.80. The molecule has 3 aromatic rings. The Bertz CT molecular complexity index is 1020. The highest BCUT2D eigenvalue weighted by atomic mass is 14.8. The molecule has 1 aromatic heterocycles. The maximum atomic E-state index is 9.53. The van der Waals surface area contributed by atoms with Gasteiger partial charge in [0.1, 0.15) is 17.5 Å². The second-order valence-electron chi connectivity index (χ2n) is 6.39. The molecule has 4 heteroatoms. The molecule has 4 nitrogen and oxygen atoms in total. The molecule has 0 saturated carbocycles. The normalized spacial score (nSPS) is 10.3. The Morgan fingerprint density at radius 2 is 1.50 bits per heavy atom. The summed E-state index contributed by atoms with van der Waals surface area (Å²) in [6, 6.07) is 21.4. The van der Waals surface area contributed by atoms with E-state index in [-0.39, 0.29) is 5.82 Å². The molecule has 126 valence electrons. The van der Waals surface area contributed by atoms with Crippen molar-refractivity contribution in [2.75, 3.05) is 5.73 Å². The molecule has 1 heterocycles. The Hall–Kier alpha value is -3.63. The first kappa shape index (κ1) is 17.2. The summed E-state index contributed by atoms with van der Waals surface area (Å²) < 4.78 is 0. The summed E-state index contributed by atoms with van der Waals surface area (Å²) in [5.74, 6) is 0.647. The van der Waals surface area contributed by atoms with Crippen molar-refractivity contribution >= 4 is 5.82 Å². The molecule has 3 rings (SSSR count). The summed E-state index contributed by atoms with van der Waals surface area (Å²) in [7, 11) is 0. The quantitative estimate of drug-likeness (QED) is 0.738. The Balaban J connectivity index is 2.13. The average molecular weight is 338 g/mol. The van der Waals surface area contributed by atoms with Gasteiger partial charge in [0.25, 0.3) is 0 Å². The van der Waals surface area contributed by atoms with Gasteiger partial charge in [0, 0.05) is 11.1 Å². The lowest BCUT2D eigenvalue weighted by molar-refractivity contribution is 0.867. The van der Waals surface area contributed by atoms with E-state index >= 15 is 0 Å². The topological polar surface area (TPSA) is 86.5 Å². The largest absolute Gasteiger partial charge is 0.383 e. The van der Waals surface area contributed by atoms with E-state index in [0.29, 0.717) is 22.7 Å². The molecule has 26 heavy (non-hydrogen) atoms. The number of hydrogen-bond acceptors (Lipinski definition) is 4. The first-order valence-corrected chi connectivity index (χ1v) is 8.35. The first-order chi connectivity index (χ1) is 12.5. The van der Waals surface area contributed by atoms with Gasteiger partial charge in [-0.05, 0) is 35.2 Å². The fraction of sp³-hybridized carbons (Fsp3) is 0.136. The number of nitrogen functional groups attached to an aromatic ring is 1. The number of nitriles is 2. The summed E-state index contributed by atoms with van der Waals surface area (Å²) in [4.78, 5) is 4.37. The summed E-state index contributed by atoms with van der Waals surface area (Å²) >= 11 is 0. The van der Waals surface area contributed by atoms with Crippen LogP contribution in [0.1, 0.15) is 36.5 Å². The Morgan fingerprint density at radius 3 is 2.04 bits per heavy atom. The smallest absolute Gasteiger partial charge is 0.142 e. The van der Waals surface area contributed by atoms with Crippen molar-refractivity contribution in [2.45, 2.75) is 19.8 Å². The molecule has 0 atom stereocenters. The lowest BCUT2D eigenvalue weighted by Gasteiger charge is -2.12. The van der Waals surface area contributed by atoms with Crippen molar-refractivity contribution in [3.05, 3.63) is 71.3 Å². The molecular formula is C22H18N4. The minimum atomic E-state index is 0.206. The standard InChI is InChI=1S/C22H18N4/c1-14(2)16-7-9-17(10-8-16)19-11-21(26-22(25)20(19)13-24)18-5-3-15(12-23)4-6-18/h3-11,14H,1-2H3,(H2,25,26). The highest BCUT2D eigenvalue weighted by Gasteiger charge is 2.14. The maximum absolute atomic E-state index is 9.53. The number of benzene rings is 2. The molecule has 0 spiro atoms. The van der Waals surface area contributed by atoms with Crippen LogP contribution in [0.15, 0.2) is 54.6 Å². The summed E-state index contributed by atoms with van der Waals surface area (Å²) in [6.07, 6.45) is 0. The molecule has 0 aliphatic carbocycles. The molecule has 0 unspecified atom stereocenters. The van der Waals surface area contributed by atoms with Crippen LogP contribution >= 0.6 is 0 Å². The van der Waals surface area contributed by atoms with Crippen molar-refractivity contribution < 1.29 is 0 Å². The van der Waals surface area contributed by atoms with Crippen molar-refractivity contribution in [1.29, 1.82) is 10.5 Å². The molecule has 2 aromatic carbocycles. The molecule has 0 amide bonds. The van der Waals surface area contributed by atoms with E-state index in [1.165, 1.54) is 5.56 Å². The molecular weight excluding hydrogens is 320 g/mol. The second-order valence-corrected chi connectivity index (χ2v) is 6.39. The van der Waals surface area contributed by atoms with Crippen LogP contribution in [0, 0.1) is 22.7 Å². The van der Waals surface area contributed by atoms with Crippen LogP contribution in [0.5, 0.6) is 0 Å². The Labute approximate surface area is 153 Å². The molecule has 2 N–H and O–H groups in total. The predicted octanol–water partition coefficient (Wildman–Crippen LogP) is 4.86. The third-order valence-electron chi connectivity index (χ3n) is 4.36. The lowest BCUT2D eigenvalue weighted by Crippen LogP contribution is -2.00. The van der Waals surface area contributed by atoms with E-state index in [9.17, 15) is 5.26 Å². The number of aromatic nitrogens is 1. The van der Waals surface area contributed by atoms with Crippen LogP contribution in [0.3, 0.4) is 0 Å². The fourth-order valence-corrected chi connectivity index (χ4v) is 2.82. The summed E-state index contributed by atoms with van der Waals surface area (Å²) in [5, 5.41) is 18.5. The minimum Gasteiger partial charge on any atom is -0.383 e. The number of rotatable bonds is 3. The monoisotopic (exact) mass is 338 g/mol. The number of hydrogen-bond donors (Lipinski definition) is 1.